The molecule has 0 aliphatic carbocycles. The van der Waals surface area contributed by atoms with Crippen LogP contribution in [0.1, 0.15) is 20.7 Å². The van der Waals surface area contributed by atoms with Gasteiger partial charge in [-0.25, -0.2) is 11.7 Å². The minimum absolute atomic E-state index is 0.166. The summed E-state index contributed by atoms with van der Waals surface area (Å²) in [5.74, 6) is 8.31. The lowest BCUT2D eigenvalue weighted by Crippen LogP contribution is -2.39. The summed E-state index contributed by atoms with van der Waals surface area (Å²) >= 11 is 5.83. The van der Waals surface area contributed by atoms with Crippen molar-refractivity contribution in [2.45, 2.75) is 0 Å². The second-order valence-electron chi connectivity index (χ2n) is 3.64. The van der Waals surface area contributed by atoms with Crippen LogP contribution in [0, 0.1) is 0 Å². The third kappa shape index (κ3) is 1.70. The molecule has 0 aliphatic rings. The number of hydrazine groups is 2. The second-order valence-corrected chi connectivity index (χ2v) is 4.04. The van der Waals surface area contributed by atoms with Gasteiger partial charge in [-0.2, -0.15) is 0 Å². The van der Waals surface area contributed by atoms with Crippen molar-refractivity contribution < 1.29 is 9.59 Å². The van der Waals surface area contributed by atoms with Crippen molar-refractivity contribution in [1.82, 2.24) is 10.9 Å². The summed E-state index contributed by atoms with van der Waals surface area (Å²) in [5, 5.41) is -0.587. The van der Waals surface area contributed by atoms with Crippen LogP contribution in [-0.4, -0.2) is 11.8 Å². The molecule has 8 nitrogen and oxygen atoms in total. The highest BCUT2D eigenvalue weighted by atomic mass is 35.5. The molecule has 2 amide bonds. The van der Waals surface area contributed by atoms with Gasteiger partial charge in [0.2, 0.25) is 10.9 Å². The van der Waals surface area contributed by atoms with Crippen molar-refractivity contribution in [3.8, 4) is 0 Å². The van der Waals surface area contributed by atoms with E-state index in [2.05, 4.69) is 0 Å². The molecule has 2 rings (SSSR count). The molecule has 0 atom stereocenters. The predicted octanol–water partition coefficient (Wildman–Crippen LogP) is -1.70. The van der Waals surface area contributed by atoms with Gasteiger partial charge in [0, 0.05) is 0 Å². The zero-order chi connectivity index (χ0) is 14.3. The summed E-state index contributed by atoms with van der Waals surface area (Å²) in [5.41, 5.74) is 1.45. The van der Waals surface area contributed by atoms with Crippen LogP contribution in [0.4, 0.5) is 0 Å². The van der Waals surface area contributed by atoms with Crippen LogP contribution < -0.4 is 33.4 Å². The number of hydrogen-bond donors (Lipinski definition) is 4. The topological polar surface area (TPSA) is 144 Å². The average Bonchev–Trinajstić information content (AvgIpc) is 2.43. The summed E-state index contributed by atoms with van der Waals surface area (Å²) in [4.78, 5) is 46.0. The Kier molecular flexibility index (Phi) is 3.06. The highest BCUT2D eigenvalue weighted by molar-refractivity contribution is 6.37. The molecule has 0 heterocycles. The minimum atomic E-state index is -0.901. The van der Waals surface area contributed by atoms with Crippen molar-refractivity contribution >= 4 is 34.2 Å². The number of carbonyl (C=O) groups is 2. The van der Waals surface area contributed by atoms with E-state index in [4.69, 9.17) is 23.3 Å². The number of hydrogen-bond acceptors (Lipinski definition) is 6. The van der Waals surface area contributed by atoms with Crippen LogP contribution in [0.25, 0.3) is 10.8 Å². The van der Waals surface area contributed by atoms with E-state index in [9.17, 15) is 19.2 Å². The maximum Gasteiger partial charge on any atom is 0.267 e. The summed E-state index contributed by atoms with van der Waals surface area (Å²) in [6.45, 7) is 0. The van der Waals surface area contributed by atoms with Crippen molar-refractivity contribution in [3.63, 3.8) is 0 Å². The molecule has 19 heavy (non-hydrogen) atoms. The predicted molar refractivity (Wildman–Crippen MR) is 67.2 cm³/mol. The fourth-order valence-corrected chi connectivity index (χ4v) is 2.12. The van der Waals surface area contributed by atoms with Gasteiger partial charge in [-0.1, -0.05) is 11.6 Å². The molecule has 0 unspecified atom stereocenters. The Labute approximate surface area is 109 Å². The first kappa shape index (κ1) is 13.1. The number of fused-ring (bicyclic) bond motifs is 1. The lowest BCUT2D eigenvalue weighted by atomic mass is 9.94. The molecule has 0 bridgehead atoms. The van der Waals surface area contributed by atoms with Crippen molar-refractivity contribution in [1.29, 1.82) is 0 Å². The summed E-state index contributed by atoms with van der Waals surface area (Å²) in [6.07, 6.45) is 0. The van der Waals surface area contributed by atoms with Crippen LogP contribution in [0.15, 0.2) is 15.7 Å². The largest absolute Gasteiger partial charge is 0.290 e. The first-order chi connectivity index (χ1) is 8.93. The molecule has 0 aliphatic heterocycles. The summed E-state index contributed by atoms with van der Waals surface area (Å²) < 4.78 is 0. The van der Waals surface area contributed by atoms with Gasteiger partial charge < -0.3 is 0 Å². The number of rotatable bonds is 2. The molecular formula is C10H7ClN4O4. The molecule has 0 radical (unpaired) electrons. The third-order valence-electron chi connectivity index (χ3n) is 2.67. The SMILES string of the molecule is NNC(=O)c1cc(Cl)c(C(=O)NN)c2c(=O)c(=O)c12. The van der Waals surface area contributed by atoms with Crippen molar-refractivity contribution in [2.24, 2.45) is 11.7 Å². The second kappa shape index (κ2) is 4.43. The van der Waals surface area contributed by atoms with Crippen molar-refractivity contribution in [2.75, 3.05) is 0 Å². The normalized spacial score (nSPS) is 10.7. The molecule has 2 aromatic carbocycles. The summed E-state index contributed by atoms with van der Waals surface area (Å²) in [7, 11) is 0. The average molecular weight is 283 g/mol. The molecule has 2 aromatic rings. The number of nitrogen functional groups attached to an aromatic ring is 2. The van der Waals surface area contributed by atoms with Gasteiger partial charge >= 0.3 is 0 Å². The van der Waals surface area contributed by atoms with Gasteiger partial charge in [-0.15, -0.1) is 0 Å². The van der Waals surface area contributed by atoms with Gasteiger partial charge in [0.05, 0.1) is 26.9 Å². The standard InChI is InChI=1S/C10H7ClN4O4/c11-3-1-2(9(18)14-12)4-6(8(17)7(4)16)5(3)10(19)15-13/h1H,12-13H2,(H,14,18)(H,15,19). The maximum atomic E-state index is 11.5. The number of carbonyl (C=O) groups excluding carboxylic acids is 2. The quantitative estimate of drug-likeness (QED) is 0.223. The monoisotopic (exact) mass is 282 g/mol. The lowest BCUT2D eigenvalue weighted by Gasteiger charge is -2.12. The third-order valence-corrected chi connectivity index (χ3v) is 2.97. The highest BCUT2D eigenvalue weighted by Crippen LogP contribution is 2.26. The van der Waals surface area contributed by atoms with Crippen LogP contribution >= 0.6 is 11.6 Å². The molecule has 9 heteroatoms. The Morgan fingerprint density at radius 3 is 2.05 bits per heavy atom. The Bertz CT molecular complexity index is 791. The minimum Gasteiger partial charge on any atom is -0.290 e. The van der Waals surface area contributed by atoms with E-state index < -0.39 is 22.7 Å². The molecule has 0 aromatic heterocycles. The van der Waals surface area contributed by atoms with Crippen LogP contribution in [0.2, 0.25) is 5.02 Å². The molecule has 0 saturated carbocycles. The zero-order valence-corrected chi connectivity index (χ0v) is 10.00. The number of nitrogens with two attached hydrogens (primary N) is 2. The Morgan fingerprint density at radius 1 is 1.00 bits per heavy atom. The van der Waals surface area contributed by atoms with Crippen LogP contribution in [0.5, 0.6) is 0 Å². The molecule has 0 fully saturated rings. The molecule has 98 valence electrons. The van der Waals surface area contributed by atoms with E-state index in [1.54, 1.807) is 0 Å². The van der Waals surface area contributed by atoms with E-state index in [1.807, 2.05) is 10.9 Å². The van der Waals surface area contributed by atoms with Gasteiger partial charge in [-0.05, 0) is 6.07 Å². The smallest absolute Gasteiger partial charge is 0.267 e. The van der Waals surface area contributed by atoms with E-state index in [0.717, 1.165) is 6.07 Å². The van der Waals surface area contributed by atoms with Gasteiger partial charge in [0.1, 0.15) is 0 Å². The number of nitrogens with one attached hydrogen (secondary N) is 2. The molecule has 0 spiro atoms. The molecule has 6 N–H and O–H groups in total. The van der Waals surface area contributed by atoms with E-state index in [0.29, 0.717) is 0 Å². The number of benzene rings is 1. The van der Waals surface area contributed by atoms with Crippen LogP contribution in [-0.2, 0) is 0 Å². The molecule has 0 saturated heterocycles. The van der Waals surface area contributed by atoms with E-state index >= 15 is 0 Å². The van der Waals surface area contributed by atoms with Gasteiger partial charge in [-0.3, -0.25) is 30.0 Å². The maximum absolute atomic E-state index is 11.5. The van der Waals surface area contributed by atoms with Gasteiger partial charge in [0.15, 0.2) is 0 Å². The van der Waals surface area contributed by atoms with E-state index in [-0.39, 0.29) is 26.9 Å². The highest BCUT2D eigenvalue weighted by Gasteiger charge is 2.28. The Hall–Kier alpha value is -2.29. The lowest BCUT2D eigenvalue weighted by molar-refractivity contribution is 0.0944. The van der Waals surface area contributed by atoms with Crippen LogP contribution in [0.3, 0.4) is 0 Å². The number of halogens is 1. The van der Waals surface area contributed by atoms with Crippen molar-refractivity contribution in [3.05, 3.63) is 42.7 Å². The zero-order valence-electron chi connectivity index (χ0n) is 9.24. The van der Waals surface area contributed by atoms with Gasteiger partial charge in [0.25, 0.3) is 11.8 Å². The fourth-order valence-electron chi connectivity index (χ4n) is 1.83. The van der Waals surface area contributed by atoms with E-state index in [1.165, 1.54) is 0 Å². The molecular weight excluding hydrogens is 276 g/mol. The Balaban J connectivity index is 2.91. The first-order valence-electron chi connectivity index (χ1n) is 4.91. The number of amides is 2. The fraction of sp³-hybridized carbons (Fsp3) is 0. The summed E-state index contributed by atoms with van der Waals surface area (Å²) in [6, 6.07) is 1.08. The Morgan fingerprint density at radius 2 is 1.53 bits per heavy atom. The first-order valence-corrected chi connectivity index (χ1v) is 5.29.